The molecule has 0 aromatic carbocycles. The second-order valence-electron chi connectivity index (χ2n) is 9.58. The lowest BCUT2D eigenvalue weighted by atomic mass is 10.1. The normalized spacial score (nSPS) is 17.9. The molecular weight excluding hydrogens is 472 g/mol. The third-order valence-corrected chi connectivity index (χ3v) is 6.95. The zero-order chi connectivity index (χ0) is 25.4. The van der Waals surface area contributed by atoms with Crippen molar-refractivity contribution in [2.45, 2.75) is 31.8 Å². The van der Waals surface area contributed by atoms with E-state index in [9.17, 15) is 4.79 Å². The van der Waals surface area contributed by atoms with Gasteiger partial charge < -0.3 is 25.4 Å². The number of morpholine rings is 1. The summed E-state index contributed by atoms with van der Waals surface area (Å²) in [6, 6.07) is 5.88. The summed E-state index contributed by atoms with van der Waals surface area (Å²) >= 11 is 0. The highest BCUT2D eigenvalue weighted by atomic mass is 16.5. The number of aliphatic hydroxyl groups excluding tert-OH is 1. The van der Waals surface area contributed by atoms with Crippen LogP contribution in [0.3, 0.4) is 0 Å². The number of nitrogens with zero attached hydrogens (tertiary/aromatic N) is 6. The highest BCUT2D eigenvalue weighted by Gasteiger charge is 2.30. The Morgan fingerprint density at radius 2 is 2.11 bits per heavy atom. The van der Waals surface area contributed by atoms with Gasteiger partial charge in [-0.15, -0.1) is 5.10 Å². The number of carbonyl (C=O) groups excluding carboxylic acids is 1. The molecular formula is C26H30N8O3. The monoisotopic (exact) mass is 502 g/mol. The molecule has 1 atom stereocenters. The molecule has 11 heteroatoms. The fourth-order valence-electron chi connectivity index (χ4n) is 4.78. The molecule has 0 radical (unpaired) electrons. The Labute approximate surface area is 213 Å². The number of anilines is 3. The first kappa shape index (κ1) is 23.6. The predicted molar refractivity (Wildman–Crippen MR) is 141 cm³/mol. The van der Waals surface area contributed by atoms with Crippen molar-refractivity contribution in [2.75, 3.05) is 48.9 Å². The molecule has 5 heterocycles. The van der Waals surface area contributed by atoms with Gasteiger partial charge in [-0.25, -0.2) is 19.5 Å². The van der Waals surface area contributed by atoms with Crippen molar-refractivity contribution in [3.63, 3.8) is 0 Å². The molecule has 0 spiro atoms. The molecule has 1 saturated carbocycles. The van der Waals surface area contributed by atoms with Gasteiger partial charge in [0.2, 0.25) is 5.91 Å². The lowest BCUT2D eigenvalue weighted by Crippen LogP contribution is -2.42. The van der Waals surface area contributed by atoms with E-state index in [1.54, 1.807) is 16.9 Å². The fraction of sp³-hybridized carbons (Fsp3) is 0.423. The molecule has 192 valence electrons. The lowest BCUT2D eigenvalue weighted by Gasteiger charge is -2.34. The zero-order valence-corrected chi connectivity index (χ0v) is 20.7. The second kappa shape index (κ2) is 9.91. The van der Waals surface area contributed by atoms with Crippen LogP contribution in [0.5, 0.6) is 0 Å². The van der Waals surface area contributed by atoms with Crippen LogP contribution < -0.4 is 15.5 Å². The Hall–Kier alpha value is -3.83. The number of rotatable bonds is 8. The van der Waals surface area contributed by atoms with Crippen molar-refractivity contribution in [1.29, 1.82) is 0 Å². The van der Waals surface area contributed by atoms with Crippen molar-refractivity contribution < 1.29 is 14.6 Å². The van der Waals surface area contributed by atoms with Gasteiger partial charge in [0.25, 0.3) is 0 Å². The number of hydrogen-bond acceptors (Lipinski definition) is 9. The van der Waals surface area contributed by atoms with E-state index in [1.165, 1.54) is 0 Å². The quantitative estimate of drug-likeness (QED) is 0.333. The second-order valence-corrected chi connectivity index (χ2v) is 9.58. The molecule has 4 aromatic rings. The van der Waals surface area contributed by atoms with Gasteiger partial charge >= 0.3 is 0 Å². The summed E-state index contributed by atoms with van der Waals surface area (Å²) in [6.45, 7) is 2.40. The van der Waals surface area contributed by atoms with Crippen LogP contribution in [0.2, 0.25) is 0 Å². The standard InChI is InChI=1S/C26H30N8O3/c1-27-24-20-12-28-22(30-26(36)16-4-5-16)11-19(20)21(13-29-24)25-31-23-7-6-17(14-34(23)32-25)33-8-10-37-18(15-33)3-2-9-35/h6-7,11-14,16,18,35H,2-5,8-10,15H2,1H3,(H,27,29)(H,28,30,36). The number of aliphatic hydroxyl groups is 1. The minimum atomic E-state index is 0.0105. The summed E-state index contributed by atoms with van der Waals surface area (Å²) in [5.41, 5.74) is 2.54. The molecule has 1 amide bonds. The molecule has 1 saturated heterocycles. The Kier molecular flexibility index (Phi) is 6.31. The van der Waals surface area contributed by atoms with Gasteiger partial charge in [0.05, 0.1) is 24.6 Å². The fourth-order valence-corrected chi connectivity index (χ4v) is 4.78. The van der Waals surface area contributed by atoms with Gasteiger partial charge in [-0.3, -0.25) is 4.79 Å². The topological polar surface area (TPSA) is 130 Å². The number of nitrogens with one attached hydrogen (secondary N) is 2. The summed E-state index contributed by atoms with van der Waals surface area (Å²) in [7, 11) is 1.81. The van der Waals surface area contributed by atoms with Gasteiger partial charge in [0, 0.05) is 61.4 Å². The van der Waals surface area contributed by atoms with Crippen LogP contribution in [0, 0.1) is 5.92 Å². The Morgan fingerprint density at radius 3 is 2.92 bits per heavy atom. The first-order chi connectivity index (χ1) is 18.1. The van der Waals surface area contributed by atoms with E-state index < -0.39 is 0 Å². The van der Waals surface area contributed by atoms with Gasteiger partial charge in [0.1, 0.15) is 11.6 Å². The predicted octanol–water partition coefficient (Wildman–Crippen LogP) is 2.71. The van der Waals surface area contributed by atoms with Crippen LogP contribution in [0.25, 0.3) is 27.8 Å². The number of hydrogen-bond donors (Lipinski definition) is 3. The third-order valence-electron chi connectivity index (χ3n) is 6.95. The largest absolute Gasteiger partial charge is 0.396 e. The number of ether oxygens (including phenoxy) is 1. The van der Waals surface area contributed by atoms with Crippen molar-refractivity contribution in [3.8, 4) is 11.4 Å². The van der Waals surface area contributed by atoms with Crippen LogP contribution in [0.1, 0.15) is 25.7 Å². The van der Waals surface area contributed by atoms with Crippen LogP contribution in [0.4, 0.5) is 17.3 Å². The number of amides is 1. The zero-order valence-electron chi connectivity index (χ0n) is 20.7. The van der Waals surface area contributed by atoms with Crippen molar-refractivity contribution in [2.24, 2.45) is 5.92 Å². The molecule has 1 unspecified atom stereocenters. The first-order valence-electron chi connectivity index (χ1n) is 12.7. The van der Waals surface area contributed by atoms with Crippen LogP contribution in [-0.4, -0.2) is 75.0 Å². The molecule has 4 aromatic heterocycles. The minimum Gasteiger partial charge on any atom is -0.396 e. The molecule has 2 aliphatic rings. The molecule has 2 fully saturated rings. The Balaban J connectivity index is 1.33. The third kappa shape index (κ3) is 4.79. The van der Waals surface area contributed by atoms with E-state index in [1.807, 2.05) is 25.4 Å². The van der Waals surface area contributed by atoms with Gasteiger partial charge in [-0.05, 0) is 43.9 Å². The van der Waals surface area contributed by atoms with Crippen molar-refractivity contribution in [3.05, 3.63) is 36.8 Å². The van der Waals surface area contributed by atoms with E-state index in [0.717, 1.165) is 66.4 Å². The smallest absolute Gasteiger partial charge is 0.228 e. The average molecular weight is 503 g/mol. The van der Waals surface area contributed by atoms with Crippen molar-refractivity contribution >= 4 is 39.6 Å². The van der Waals surface area contributed by atoms with Crippen LogP contribution in [-0.2, 0) is 9.53 Å². The lowest BCUT2D eigenvalue weighted by molar-refractivity contribution is -0.117. The van der Waals surface area contributed by atoms with Gasteiger partial charge in [0.15, 0.2) is 11.5 Å². The SMILES string of the molecule is CNc1ncc(-c2nc3ccc(N4CCOC(CCCO)C4)cn3n2)c2cc(NC(=O)C3CC3)ncc12. The average Bonchev–Trinajstić information content (AvgIpc) is 3.70. The number of aromatic nitrogens is 5. The molecule has 1 aliphatic heterocycles. The number of pyridine rings is 3. The van der Waals surface area contributed by atoms with E-state index in [0.29, 0.717) is 24.1 Å². The highest BCUT2D eigenvalue weighted by molar-refractivity contribution is 6.03. The van der Waals surface area contributed by atoms with Crippen LogP contribution >= 0.6 is 0 Å². The number of carbonyl (C=O) groups is 1. The first-order valence-corrected chi connectivity index (χ1v) is 12.7. The van der Waals surface area contributed by atoms with Gasteiger partial charge in [-0.2, -0.15) is 0 Å². The maximum Gasteiger partial charge on any atom is 0.228 e. The Bertz CT molecular complexity index is 1450. The molecule has 11 nitrogen and oxygen atoms in total. The van der Waals surface area contributed by atoms with Crippen molar-refractivity contribution in [1.82, 2.24) is 24.6 Å². The summed E-state index contributed by atoms with van der Waals surface area (Å²) in [6.07, 6.45) is 9.00. The maximum atomic E-state index is 12.3. The Morgan fingerprint density at radius 1 is 1.22 bits per heavy atom. The molecule has 6 rings (SSSR count). The molecule has 1 aliphatic carbocycles. The van der Waals surface area contributed by atoms with E-state index >= 15 is 0 Å². The summed E-state index contributed by atoms with van der Waals surface area (Å²) < 4.78 is 7.65. The van der Waals surface area contributed by atoms with Gasteiger partial charge in [-0.1, -0.05) is 0 Å². The molecule has 37 heavy (non-hydrogen) atoms. The summed E-state index contributed by atoms with van der Waals surface area (Å²) in [5, 5.41) is 21.7. The molecule has 0 bridgehead atoms. The maximum absolute atomic E-state index is 12.3. The molecule has 3 N–H and O–H groups in total. The summed E-state index contributed by atoms with van der Waals surface area (Å²) in [4.78, 5) is 28.4. The summed E-state index contributed by atoms with van der Waals surface area (Å²) in [5.74, 6) is 1.85. The minimum absolute atomic E-state index is 0.0105. The van der Waals surface area contributed by atoms with E-state index in [-0.39, 0.29) is 24.5 Å². The van der Waals surface area contributed by atoms with Crippen LogP contribution in [0.15, 0.2) is 36.8 Å². The highest BCUT2D eigenvalue weighted by Crippen LogP contribution is 2.33. The number of fused-ring (bicyclic) bond motifs is 2. The van der Waals surface area contributed by atoms with E-state index in [2.05, 4.69) is 31.6 Å². The van der Waals surface area contributed by atoms with E-state index in [4.69, 9.17) is 19.9 Å².